The van der Waals surface area contributed by atoms with E-state index in [1.165, 1.54) is 0 Å². The summed E-state index contributed by atoms with van der Waals surface area (Å²) in [5, 5.41) is 3.84. The molecule has 0 bridgehead atoms. The average molecular weight is 323 g/mol. The first-order valence-corrected chi connectivity index (χ1v) is 5.92. The van der Waals surface area contributed by atoms with Crippen molar-refractivity contribution in [2.75, 3.05) is 13.6 Å². The van der Waals surface area contributed by atoms with Crippen LogP contribution in [0.1, 0.15) is 27.8 Å². The molecule has 0 saturated carbocycles. The van der Waals surface area contributed by atoms with Crippen LogP contribution in [-0.2, 0) is 4.74 Å². The van der Waals surface area contributed by atoms with Crippen LogP contribution < -0.4 is 0 Å². The largest absolute Gasteiger partial charge is 0.385 e. The molecule has 1 heterocycles. The molecule has 0 aromatic carbocycles. The van der Waals surface area contributed by atoms with Crippen LogP contribution >= 0.6 is 27.5 Å². The van der Waals surface area contributed by atoms with Gasteiger partial charge in [-0.05, 0) is 24.9 Å². The van der Waals surface area contributed by atoms with Gasteiger partial charge >= 0.3 is 0 Å². The minimum atomic E-state index is -2.48. The van der Waals surface area contributed by atoms with Crippen LogP contribution in [0.4, 0.5) is 0 Å². The number of methoxy groups -OCH3 is 1. The zero-order chi connectivity index (χ0) is 15.3. The van der Waals surface area contributed by atoms with Crippen molar-refractivity contribution in [1.82, 2.24) is 4.98 Å². The molecule has 1 rings (SSSR count). The van der Waals surface area contributed by atoms with Crippen molar-refractivity contribution in [2.24, 2.45) is 5.11 Å². The number of aromatic nitrogens is 1. The topological polar surface area (TPSA) is 70.9 Å². The molecule has 7 heteroatoms. The third kappa shape index (κ3) is 3.85. The van der Waals surface area contributed by atoms with Crippen LogP contribution in [0, 0.1) is 6.92 Å². The molecule has 0 aliphatic rings. The van der Waals surface area contributed by atoms with Gasteiger partial charge in [0.2, 0.25) is 0 Å². The maximum atomic E-state index is 8.62. The zero-order valence-electron chi connectivity index (χ0n) is 12.0. The fourth-order valence-corrected chi connectivity index (χ4v) is 2.65. The van der Waals surface area contributed by atoms with E-state index in [1.807, 2.05) is 0 Å². The van der Waals surface area contributed by atoms with Gasteiger partial charge < -0.3 is 4.74 Å². The Balaban J connectivity index is 2.95. The SMILES string of the molecule is [2H]C([2H])([2H])OCCC(N=[N+]=[N-])c1c(Br)cc(C)nc1Cl. The van der Waals surface area contributed by atoms with Crippen molar-refractivity contribution in [3.63, 3.8) is 0 Å². The second-order valence-corrected chi connectivity index (χ2v) is 4.52. The molecule has 0 radical (unpaired) electrons. The second kappa shape index (κ2) is 6.81. The van der Waals surface area contributed by atoms with Crippen molar-refractivity contribution in [3.05, 3.63) is 37.4 Å². The lowest BCUT2D eigenvalue weighted by Gasteiger charge is -2.14. The predicted octanol–water partition coefficient (Wildman–Crippen LogP) is 4.19. The number of nitrogens with zero attached hydrogens (tertiary/aromatic N) is 4. The fraction of sp³-hybridized carbons (Fsp3) is 0.500. The number of ether oxygens (including phenoxy) is 1. The summed E-state index contributed by atoms with van der Waals surface area (Å²) in [6.45, 7) is 1.69. The van der Waals surface area contributed by atoms with Gasteiger partial charge in [0.1, 0.15) is 5.15 Å². The number of rotatable bonds is 5. The summed E-state index contributed by atoms with van der Waals surface area (Å²) >= 11 is 9.40. The van der Waals surface area contributed by atoms with Gasteiger partial charge in [0, 0.05) is 34.3 Å². The van der Waals surface area contributed by atoms with E-state index >= 15 is 0 Å². The predicted molar refractivity (Wildman–Crippen MR) is 70.1 cm³/mol. The monoisotopic (exact) mass is 321 g/mol. The van der Waals surface area contributed by atoms with E-state index in [1.54, 1.807) is 13.0 Å². The number of aryl methyl sites for hydroxylation is 1. The van der Waals surface area contributed by atoms with Gasteiger partial charge in [-0.15, -0.1) is 0 Å². The summed E-state index contributed by atoms with van der Waals surface area (Å²) in [5.41, 5.74) is 9.85. The lowest BCUT2D eigenvalue weighted by molar-refractivity contribution is 0.188. The molecule has 17 heavy (non-hydrogen) atoms. The number of halogens is 2. The molecule has 0 N–H and O–H groups in total. The van der Waals surface area contributed by atoms with Crippen LogP contribution in [0.25, 0.3) is 10.4 Å². The van der Waals surface area contributed by atoms with Crippen LogP contribution in [0.2, 0.25) is 5.15 Å². The Morgan fingerprint density at radius 3 is 3.18 bits per heavy atom. The number of azide groups is 1. The van der Waals surface area contributed by atoms with Crippen molar-refractivity contribution in [2.45, 2.75) is 19.4 Å². The standard InChI is InChI=1S/C10H12BrClN4O/c1-6-5-7(11)9(10(12)14-6)8(15-16-13)3-4-17-2/h5,8H,3-4H2,1-2H3/i2D3. The Labute approximate surface area is 117 Å². The van der Waals surface area contributed by atoms with Crippen molar-refractivity contribution >= 4 is 27.5 Å². The van der Waals surface area contributed by atoms with Gasteiger partial charge in [-0.25, -0.2) is 4.98 Å². The Morgan fingerprint density at radius 2 is 2.59 bits per heavy atom. The van der Waals surface area contributed by atoms with E-state index in [0.29, 0.717) is 15.7 Å². The molecule has 1 aromatic rings. The first kappa shape index (κ1) is 10.1. The molecule has 0 amide bonds. The van der Waals surface area contributed by atoms with E-state index in [4.69, 9.17) is 21.2 Å². The maximum absolute atomic E-state index is 8.62. The van der Waals surface area contributed by atoms with Gasteiger partial charge in [-0.3, -0.25) is 0 Å². The molecule has 0 saturated heterocycles. The van der Waals surface area contributed by atoms with Gasteiger partial charge in [-0.1, -0.05) is 32.6 Å². The molecule has 92 valence electrons. The summed E-state index contributed by atoms with van der Waals surface area (Å²) in [6, 6.07) is 1.09. The molecule has 0 aliphatic carbocycles. The van der Waals surface area contributed by atoms with Crippen LogP contribution in [-0.4, -0.2) is 18.6 Å². The fourth-order valence-electron chi connectivity index (χ4n) is 1.40. The van der Waals surface area contributed by atoms with E-state index < -0.39 is 13.1 Å². The van der Waals surface area contributed by atoms with Gasteiger partial charge in [-0.2, -0.15) is 0 Å². The Morgan fingerprint density at radius 1 is 1.82 bits per heavy atom. The highest BCUT2D eigenvalue weighted by atomic mass is 79.9. The van der Waals surface area contributed by atoms with Crippen molar-refractivity contribution in [3.8, 4) is 0 Å². The maximum Gasteiger partial charge on any atom is 0.134 e. The highest BCUT2D eigenvalue weighted by molar-refractivity contribution is 9.10. The van der Waals surface area contributed by atoms with E-state index in [0.717, 1.165) is 0 Å². The van der Waals surface area contributed by atoms with E-state index in [-0.39, 0.29) is 18.2 Å². The molecular formula is C10H12BrClN4O. The smallest absolute Gasteiger partial charge is 0.134 e. The minimum absolute atomic E-state index is 0.0865. The van der Waals surface area contributed by atoms with Gasteiger partial charge in [0.15, 0.2) is 0 Å². The quantitative estimate of drug-likeness (QED) is 0.353. The highest BCUT2D eigenvalue weighted by Crippen LogP contribution is 2.34. The third-order valence-electron chi connectivity index (χ3n) is 2.11. The number of hydrogen-bond acceptors (Lipinski definition) is 3. The Bertz CT molecular complexity index is 511. The first-order chi connectivity index (χ1) is 9.24. The number of pyridine rings is 1. The van der Waals surface area contributed by atoms with Crippen LogP contribution in [0.15, 0.2) is 15.7 Å². The lowest BCUT2D eigenvalue weighted by atomic mass is 10.1. The molecule has 0 spiro atoms. The molecule has 1 atom stereocenters. The molecule has 1 unspecified atom stereocenters. The summed E-state index contributed by atoms with van der Waals surface area (Å²) in [4.78, 5) is 6.85. The Hall–Kier alpha value is -0.810. The Kier molecular flexibility index (Phi) is 4.06. The van der Waals surface area contributed by atoms with Crippen molar-refractivity contribution < 1.29 is 8.85 Å². The molecule has 0 aliphatic heterocycles. The molecule has 1 aromatic heterocycles. The van der Waals surface area contributed by atoms with Gasteiger partial charge in [0.05, 0.1) is 10.2 Å². The number of hydrogen-bond donors (Lipinski definition) is 0. The third-order valence-corrected chi connectivity index (χ3v) is 3.05. The zero-order valence-corrected chi connectivity index (χ0v) is 11.4. The molecule has 0 fully saturated rings. The summed E-state index contributed by atoms with van der Waals surface area (Å²) < 4.78 is 26.2. The summed E-state index contributed by atoms with van der Waals surface area (Å²) in [7, 11) is -2.48. The normalized spacial score (nSPS) is 15.4. The average Bonchev–Trinajstić information content (AvgIpc) is 2.25. The molecular weight excluding hydrogens is 307 g/mol. The summed E-state index contributed by atoms with van der Waals surface area (Å²) in [5.74, 6) is 0. The molecule has 5 nitrogen and oxygen atoms in total. The van der Waals surface area contributed by atoms with E-state index in [2.05, 4.69) is 35.7 Å². The van der Waals surface area contributed by atoms with Crippen LogP contribution in [0.3, 0.4) is 0 Å². The lowest BCUT2D eigenvalue weighted by Crippen LogP contribution is -2.03. The van der Waals surface area contributed by atoms with Crippen LogP contribution in [0.5, 0.6) is 0 Å². The summed E-state index contributed by atoms with van der Waals surface area (Å²) in [6.07, 6.45) is 0.186. The minimum Gasteiger partial charge on any atom is -0.385 e. The second-order valence-electron chi connectivity index (χ2n) is 3.31. The highest BCUT2D eigenvalue weighted by Gasteiger charge is 2.18. The van der Waals surface area contributed by atoms with Crippen molar-refractivity contribution in [1.29, 1.82) is 0 Å². The van der Waals surface area contributed by atoms with E-state index in [9.17, 15) is 0 Å². The first-order valence-electron chi connectivity index (χ1n) is 6.25. The van der Waals surface area contributed by atoms with Gasteiger partial charge in [0.25, 0.3) is 0 Å².